The maximum atomic E-state index is 8.63. The van der Waals surface area contributed by atoms with Crippen molar-refractivity contribution in [1.82, 2.24) is 0 Å². The minimum Gasteiger partial charge on any atom is -0.394 e. The van der Waals surface area contributed by atoms with Crippen molar-refractivity contribution >= 4 is 0 Å². The first-order valence-electron chi connectivity index (χ1n) is 43.5. The fourth-order valence-electron chi connectivity index (χ4n) is 8.67. The summed E-state index contributed by atoms with van der Waals surface area (Å²) in [6, 6.07) is 0. The van der Waals surface area contributed by atoms with Gasteiger partial charge in [-0.05, 0) is 0 Å². The molecule has 0 heterocycles. The number of aliphatic hydroxyl groups excluding tert-OH is 1. The van der Waals surface area contributed by atoms with E-state index in [-0.39, 0.29) is 6.61 Å². The lowest BCUT2D eigenvalue weighted by Gasteiger charge is -2.09. The lowest BCUT2D eigenvalue weighted by molar-refractivity contribution is -0.0328. The molecule has 0 aromatic rings. The van der Waals surface area contributed by atoms with Gasteiger partial charge < -0.3 is 195 Å². The molecule has 0 aromatic heterocycles. The average molecular weight is 1790 g/mol. The van der Waals surface area contributed by atoms with Gasteiger partial charge in [-0.1, -0.05) is 0 Å². The van der Waals surface area contributed by atoms with Gasteiger partial charge in [0.2, 0.25) is 0 Å². The largest absolute Gasteiger partial charge is 0.394 e. The number of methoxy groups -OCH3 is 1. The second kappa shape index (κ2) is 119. The number of aliphatic hydroxyl groups is 1. The van der Waals surface area contributed by atoms with Crippen LogP contribution in [0.3, 0.4) is 0 Å². The van der Waals surface area contributed by atoms with Gasteiger partial charge in [-0.25, -0.2) is 0 Å². The van der Waals surface area contributed by atoms with Crippen molar-refractivity contribution in [3.8, 4) is 0 Å². The molecule has 0 atom stereocenters. The molecule has 0 aliphatic rings. The molecule has 0 aromatic carbocycles. The van der Waals surface area contributed by atoms with Crippen molar-refractivity contribution in [1.29, 1.82) is 0 Å². The van der Waals surface area contributed by atoms with Crippen LogP contribution < -0.4 is 0 Å². The third kappa shape index (κ3) is 118. The van der Waals surface area contributed by atoms with Crippen molar-refractivity contribution in [2.75, 3.05) is 536 Å². The molecule has 0 saturated heterocycles. The summed E-state index contributed by atoms with van der Waals surface area (Å²) in [7, 11) is 1.64. The maximum Gasteiger partial charge on any atom is 0.0701 e. The Bertz CT molecular complexity index is 1570. The van der Waals surface area contributed by atoms with E-state index in [1.165, 1.54) is 0 Å². The predicted octanol–water partition coefficient (Wildman–Crippen LogP) is 0.273. The van der Waals surface area contributed by atoms with Crippen LogP contribution in [-0.4, -0.2) is 541 Å². The Labute approximate surface area is 727 Å². The summed E-state index contributed by atoms with van der Waals surface area (Å²) in [6.45, 7) is 38.2. The van der Waals surface area contributed by atoms with Gasteiger partial charge in [0, 0.05) is 7.11 Å². The van der Waals surface area contributed by atoms with Gasteiger partial charge in [-0.3, -0.25) is 0 Å². The molecular formula is C81H164O41. The lowest BCUT2D eigenvalue weighted by Crippen LogP contribution is -2.16. The molecule has 0 aliphatic carbocycles. The zero-order valence-corrected chi connectivity index (χ0v) is 74.3. The fourth-order valence-corrected chi connectivity index (χ4v) is 8.67. The normalized spacial score (nSPS) is 11.9. The molecule has 0 unspecified atom stereocenters. The van der Waals surface area contributed by atoms with E-state index < -0.39 is 0 Å². The first kappa shape index (κ1) is 120. The molecule has 41 nitrogen and oxygen atoms in total. The summed E-state index contributed by atoms with van der Waals surface area (Å²) in [5.74, 6) is 0. The van der Waals surface area contributed by atoms with Crippen LogP contribution in [0.1, 0.15) is 0 Å². The monoisotopic (exact) mass is 1790 g/mol. The molecule has 1 N–H and O–H groups in total. The van der Waals surface area contributed by atoms with E-state index in [0.29, 0.717) is 522 Å². The smallest absolute Gasteiger partial charge is 0.0701 e. The lowest BCUT2D eigenvalue weighted by atomic mass is 10.6. The molecule has 122 heavy (non-hydrogen) atoms. The van der Waals surface area contributed by atoms with Crippen LogP contribution in [0.2, 0.25) is 0 Å². The molecule has 0 radical (unpaired) electrons. The third-order valence-corrected chi connectivity index (χ3v) is 14.8. The number of hydrogen-bond donors (Lipinski definition) is 1. The van der Waals surface area contributed by atoms with Gasteiger partial charge in [-0.15, -0.1) is 0 Å². The van der Waals surface area contributed by atoms with Gasteiger partial charge in [0.05, 0.1) is 529 Å². The van der Waals surface area contributed by atoms with Crippen LogP contribution >= 0.6 is 0 Å². The molecule has 0 amide bonds. The molecular weight excluding hydrogens is 1630 g/mol. The van der Waals surface area contributed by atoms with Crippen LogP contribution in [0.4, 0.5) is 0 Å². The summed E-state index contributed by atoms with van der Waals surface area (Å²) < 4.78 is 219. The zero-order valence-electron chi connectivity index (χ0n) is 74.3. The van der Waals surface area contributed by atoms with Gasteiger partial charge in [0.15, 0.2) is 0 Å². The highest BCUT2D eigenvalue weighted by atomic mass is 16.6. The maximum absolute atomic E-state index is 8.63. The first-order valence-corrected chi connectivity index (χ1v) is 43.5. The Balaban J connectivity index is 3.10. The van der Waals surface area contributed by atoms with Gasteiger partial charge in [0.1, 0.15) is 0 Å². The van der Waals surface area contributed by atoms with Crippen LogP contribution in [-0.2, 0) is 189 Å². The van der Waals surface area contributed by atoms with Crippen molar-refractivity contribution in [3.63, 3.8) is 0 Å². The van der Waals surface area contributed by atoms with Crippen molar-refractivity contribution in [2.24, 2.45) is 0 Å². The second-order valence-electron chi connectivity index (χ2n) is 24.6. The topological polar surface area (TPSA) is 389 Å². The first-order chi connectivity index (χ1) is 60.9. The predicted molar refractivity (Wildman–Crippen MR) is 441 cm³/mol. The van der Waals surface area contributed by atoms with Crippen LogP contribution in [0, 0.1) is 0 Å². The summed E-state index contributed by atoms with van der Waals surface area (Å²) in [5, 5.41) is 8.63. The molecule has 734 valence electrons. The summed E-state index contributed by atoms with van der Waals surface area (Å²) in [5.41, 5.74) is 0. The fraction of sp³-hybridized carbons (Fsp3) is 1.00. The van der Waals surface area contributed by atoms with E-state index in [4.69, 9.17) is 195 Å². The third-order valence-electron chi connectivity index (χ3n) is 14.8. The minimum atomic E-state index is 0.0149. The summed E-state index contributed by atoms with van der Waals surface area (Å²) in [6.07, 6.45) is 0. The summed E-state index contributed by atoms with van der Waals surface area (Å²) >= 11 is 0. The average Bonchev–Trinajstić information content (AvgIpc) is 1.30. The Hall–Kier alpha value is -1.64. The molecule has 0 fully saturated rings. The van der Waals surface area contributed by atoms with Crippen LogP contribution in [0.25, 0.3) is 0 Å². The van der Waals surface area contributed by atoms with Crippen LogP contribution in [0.15, 0.2) is 0 Å². The number of ether oxygens (including phenoxy) is 40. The highest BCUT2D eigenvalue weighted by Crippen LogP contribution is 1.96. The highest BCUT2D eigenvalue weighted by Gasteiger charge is 2.05. The number of rotatable bonds is 119. The van der Waals surface area contributed by atoms with Crippen molar-refractivity contribution in [2.45, 2.75) is 0 Å². The Morgan fingerprint density at radius 1 is 0.0820 bits per heavy atom. The van der Waals surface area contributed by atoms with Gasteiger partial charge in [0.25, 0.3) is 0 Å². The molecule has 0 bridgehead atoms. The molecule has 0 spiro atoms. The minimum absolute atomic E-state index is 0.0149. The Kier molecular flexibility index (Phi) is 118. The van der Waals surface area contributed by atoms with E-state index in [1.54, 1.807) is 7.11 Å². The van der Waals surface area contributed by atoms with Crippen molar-refractivity contribution in [3.05, 3.63) is 0 Å². The zero-order chi connectivity index (χ0) is 86.9. The van der Waals surface area contributed by atoms with E-state index in [2.05, 4.69) is 0 Å². The Morgan fingerprint density at radius 3 is 0.180 bits per heavy atom. The van der Waals surface area contributed by atoms with Crippen LogP contribution in [0.5, 0.6) is 0 Å². The van der Waals surface area contributed by atoms with E-state index in [9.17, 15) is 0 Å². The Morgan fingerprint density at radius 2 is 0.131 bits per heavy atom. The quantitative estimate of drug-likeness (QED) is 0.0799. The van der Waals surface area contributed by atoms with Gasteiger partial charge >= 0.3 is 0 Å². The SMILES string of the molecule is COCCOCCOCCOCCOCCOCCOCCOCCOCCOCCOCCOCCOCCOCCOCCOCCOCCOCCOCCOCCOCCOCCOCCOCCOCCOCCOCCOCCOCCOCCOCCOCCOCCOCCOCCOCCOCCOCCOCCOCCO. The second-order valence-corrected chi connectivity index (χ2v) is 24.6. The number of hydrogen-bond acceptors (Lipinski definition) is 41. The molecule has 0 saturated carbocycles. The van der Waals surface area contributed by atoms with E-state index in [0.717, 1.165) is 0 Å². The molecule has 41 heteroatoms. The van der Waals surface area contributed by atoms with Gasteiger partial charge in [-0.2, -0.15) is 0 Å². The molecule has 0 rings (SSSR count). The summed E-state index contributed by atoms with van der Waals surface area (Å²) in [4.78, 5) is 0. The van der Waals surface area contributed by atoms with E-state index >= 15 is 0 Å². The van der Waals surface area contributed by atoms with Crippen molar-refractivity contribution < 1.29 is 195 Å². The molecule has 0 aliphatic heterocycles. The highest BCUT2D eigenvalue weighted by molar-refractivity contribution is 4.47. The standard InChI is InChI=1S/C81H164O41/c1-83-4-5-85-8-9-87-12-13-89-16-17-91-20-21-93-24-25-95-28-29-97-32-33-99-36-37-101-40-41-103-44-45-105-48-49-107-52-53-109-56-57-111-60-61-113-64-65-115-68-69-117-72-73-119-76-77-121-80-81-122-79-78-120-75-74-118-71-70-116-67-66-114-63-62-112-59-58-110-55-54-108-51-50-106-47-46-104-43-42-102-39-38-100-35-34-98-31-30-96-27-26-94-23-22-92-19-18-90-15-14-88-11-10-86-7-6-84-3-2-82/h82H,2-81H2,1H3. The van der Waals surface area contributed by atoms with E-state index in [1.807, 2.05) is 0 Å².